The van der Waals surface area contributed by atoms with Crippen molar-refractivity contribution < 1.29 is 14.3 Å². The first-order valence-corrected chi connectivity index (χ1v) is 11.2. The molecule has 2 fully saturated rings. The zero-order valence-electron chi connectivity index (χ0n) is 17.6. The van der Waals surface area contributed by atoms with Gasteiger partial charge in [-0.05, 0) is 69.2 Å². The summed E-state index contributed by atoms with van der Waals surface area (Å²) in [7, 11) is 0. The largest absolute Gasteiger partial charge is 0.494 e. The van der Waals surface area contributed by atoms with E-state index in [1.807, 2.05) is 24.0 Å². The van der Waals surface area contributed by atoms with E-state index in [4.69, 9.17) is 4.74 Å². The summed E-state index contributed by atoms with van der Waals surface area (Å²) >= 11 is 0. The molecule has 6 nitrogen and oxygen atoms in total. The van der Waals surface area contributed by atoms with Gasteiger partial charge >= 0.3 is 6.03 Å². The Kier molecular flexibility index (Phi) is 8.20. The number of urea groups is 1. The van der Waals surface area contributed by atoms with E-state index in [0.717, 1.165) is 50.9 Å². The van der Waals surface area contributed by atoms with Gasteiger partial charge in [0.15, 0.2) is 0 Å². The zero-order valence-corrected chi connectivity index (χ0v) is 17.6. The van der Waals surface area contributed by atoms with Crippen molar-refractivity contribution in [3.05, 3.63) is 29.8 Å². The molecule has 1 aromatic carbocycles. The maximum absolute atomic E-state index is 12.4. The van der Waals surface area contributed by atoms with E-state index in [1.165, 1.54) is 19.3 Å². The average molecular weight is 402 g/mol. The number of hydrogen-bond donors (Lipinski definition) is 2. The number of hydrogen-bond acceptors (Lipinski definition) is 3. The van der Waals surface area contributed by atoms with Gasteiger partial charge in [-0.15, -0.1) is 0 Å². The lowest BCUT2D eigenvalue weighted by atomic mass is 9.93. The monoisotopic (exact) mass is 401 g/mol. The molecule has 0 atom stereocenters. The molecule has 1 aliphatic heterocycles. The van der Waals surface area contributed by atoms with Crippen LogP contribution in [-0.2, 0) is 0 Å². The molecule has 2 aliphatic rings. The molecule has 0 spiro atoms. The van der Waals surface area contributed by atoms with Gasteiger partial charge in [-0.2, -0.15) is 0 Å². The number of likely N-dealkylation sites (tertiary alicyclic amines) is 1. The van der Waals surface area contributed by atoms with Gasteiger partial charge in [-0.25, -0.2) is 4.79 Å². The van der Waals surface area contributed by atoms with Gasteiger partial charge in [0, 0.05) is 31.2 Å². The highest BCUT2D eigenvalue weighted by molar-refractivity contribution is 5.94. The number of carbonyl (C=O) groups excluding carboxylic acids is 2. The van der Waals surface area contributed by atoms with E-state index in [-0.39, 0.29) is 11.9 Å². The van der Waals surface area contributed by atoms with Gasteiger partial charge in [-0.1, -0.05) is 19.3 Å². The fourth-order valence-electron chi connectivity index (χ4n) is 4.30. The standard InChI is InChI=1S/C23H35N3O3/c1-2-29-21-10-8-19(9-11-21)22(27)24-15-12-18-13-16-26(17-14-18)23(28)25-20-6-4-3-5-7-20/h8-11,18,20H,2-7,12-17H2,1H3,(H,24,27)(H,25,28). The summed E-state index contributed by atoms with van der Waals surface area (Å²) in [5.41, 5.74) is 0.655. The predicted octanol–water partition coefficient (Wildman–Crippen LogP) is 3.96. The van der Waals surface area contributed by atoms with Crippen molar-refractivity contribution in [2.24, 2.45) is 5.92 Å². The second kappa shape index (κ2) is 11.1. The molecule has 3 rings (SSSR count). The van der Waals surface area contributed by atoms with Gasteiger partial charge in [0.1, 0.15) is 5.75 Å². The average Bonchev–Trinajstić information content (AvgIpc) is 2.75. The summed E-state index contributed by atoms with van der Waals surface area (Å²) in [6, 6.07) is 7.72. The highest BCUT2D eigenvalue weighted by atomic mass is 16.5. The van der Waals surface area contributed by atoms with Crippen molar-refractivity contribution in [1.82, 2.24) is 15.5 Å². The third-order valence-corrected chi connectivity index (χ3v) is 6.10. The molecule has 2 N–H and O–H groups in total. The molecule has 1 heterocycles. The number of benzene rings is 1. The van der Waals surface area contributed by atoms with E-state index >= 15 is 0 Å². The number of rotatable bonds is 7. The summed E-state index contributed by atoms with van der Waals surface area (Å²) in [4.78, 5) is 26.7. The molecular formula is C23H35N3O3. The van der Waals surface area contributed by atoms with E-state index in [9.17, 15) is 9.59 Å². The number of amides is 3. The molecule has 0 bridgehead atoms. The van der Waals surface area contributed by atoms with Crippen LogP contribution in [0.25, 0.3) is 0 Å². The summed E-state index contributed by atoms with van der Waals surface area (Å²) in [5, 5.41) is 6.23. The van der Waals surface area contributed by atoms with Crippen LogP contribution < -0.4 is 15.4 Å². The Labute approximate surface area is 174 Å². The molecular weight excluding hydrogens is 366 g/mol. The van der Waals surface area contributed by atoms with Crippen LogP contribution in [0.2, 0.25) is 0 Å². The Hall–Kier alpha value is -2.24. The molecule has 1 saturated heterocycles. The lowest BCUT2D eigenvalue weighted by Crippen LogP contribution is -2.48. The van der Waals surface area contributed by atoms with Crippen molar-refractivity contribution in [2.75, 3.05) is 26.2 Å². The minimum absolute atomic E-state index is 0.0441. The van der Waals surface area contributed by atoms with Crippen LogP contribution in [0.15, 0.2) is 24.3 Å². The van der Waals surface area contributed by atoms with Gasteiger partial charge in [-0.3, -0.25) is 4.79 Å². The zero-order chi connectivity index (χ0) is 20.5. The third kappa shape index (κ3) is 6.65. The summed E-state index contributed by atoms with van der Waals surface area (Å²) < 4.78 is 5.40. The van der Waals surface area contributed by atoms with E-state index in [0.29, 0.717) is 30.7 Å². The maximum Gasteiger partial charge on any atom is 0.317 e. The van der Waals surface area contributed by atoms with Gasteiger partial charge in [0.2, 0.25) is 0 Å². The van der Waals surface area contributed by atoms with Crippen LogP contribution in [0.1, 0.15) is 68.6 Å². The van der Waals surface area contributed by atoms with Crippen LogP contribution >= 0.6 is 0 Å². The minimum atomic E-state index is -0.0441. The van der Waals surface area contributed by atoms with Gasteiger partial charge in [0.25, 0.3) is 5.91 Å². The van der Waals surface area contributed by atoms with E-state index in [1.54, 1.807) is 12.1 Å². The van der Waals surface area contributed by atoms with Gasteiger partial charge < -0.3 is 20.3 Å². The van der Waals surface area contributed by atoms with Crippen LogP contribution in [-0.4, -0.2) is 49.1 Å². The number of nitrogens with one attached hydrogen (secondary N) is 2. The van der Waals surface area contributed by atoms with Crippen LogP contribution in [0.5, 0.6) is 5.75 Å². The number of nitrogens with zero attached hydrogens (tertiary/aromatic N) is 1. The van der Waals surface area contributed by atoms with E-state index < -0.39 is 0 Å². The molecule has 6 heteroatoms. The Balaban J connectivity index is 1.32. The normalized spacial score (nSPS) is 18.3. The Morgan fingerprint density at radius 2 is 1.72 bits per heavy atom. The lowest BCUT2D eigenvalue weighted by molar-refractivity contribution is 0.0949. The molecule has 0 radical (unpaired) electrons. The molecule has 29 heavy (non-hydrogen) atoms. The first-order chi connectivity index (χ1) is 14.2. The maximum atomic E-state index is 12.4. The smallest absolute Gasteiger partial charge is 0.317 e. The molecule has 160 valence electrons. The molecule has 1 aliphatic carbocycles. The summed E-state index contributed by atoms with van der Waals surface area (Å²) in [5.74, 6) is 1.30. The fourth-order valence-corrected chi connectivity index (χ4v) is 4.30. The molecule has 3 amide bonds. The second-order valence-electron chi connectivity index (χ2n) is 8.22. The molecule has 0 unspecified atom stereocenters. The first-order valence-electron chi connectivity index (χ1n) is 11.2. The topological polar surface area (TPSA) is 70.7 Å². The highest BCUT2D eigenvalue weighted by Crippen LogP contribution is 2.22. The van der Waals surface area contributed by atoms with Crippen molar-refractivity contribution in [2.45, 2.75) is 64.3 Å². The Morgan fingerprint density at radius 1 is 1.03 bits per heavy atom. The minimum Gasteiger partial charge on any atom is -0.494 e. The first kappa shape index (κ1) is 21.5. The lowest BCUT2D eigenvalue weighted by Gasteiger charge is -2.34. The molecule has 1 aromatic rings. The number of piperidine rings is 1. The highest BCUT2D eigenvalue weighted by Gasteiger charge is 2.24. The quantitative estimate of drug-likeness (QED) is 0.726. The fraction of sp³-hybridized carbons (Fsp3) is 0.652. The van der Waals surface area contributed by atoms with Crippen molar-refractivity contribution in [3.63, 3.8) is 0 Å². The van der Waals surface area contributed by atoms with Crippen molar-refractivity contribution >= 4 is 11.9 Å². The summed E-state index contributed by atoms with van der Waals surface area (Å²) in [6.07, 6.45) is 8.99. The Morgan fingerprint density at radius 3 is 2.38 bits per heavy atom. The van der Waals surface area contributed by atoms with Crippen LogP contribution in [0.3, 0.4) is 0 Å². The van der Waals surface area contributed by atoms with Crippen molar-refractivity contribution in [3.8, 4) is 5.75 Å². The number of ether oxygens (including phenoxy) is 1. The van der Waals surface area contributed by atoms with Crippen LogP contribution in [0, 0.1) is 5.92 Å². The second-order valence-corrected chi connectivity index (χ2v) is 8.22. The van der Waals surface area contributed by atoms with E-state index in [2.05, 4.69) is 10.6 Å². The number of carbonyl (C=O) groups is 2. The SMILES string of the molecule is CCOc1ccc(C(=O)NCCC2CCN(C(=O)NC3CCCCC3)CC2)cc1. The van der Waals surface area contributed by atoms with Crippen molar-refractivity contribution in [1.29, 1.82) is 0 Å². The molecule has 1 saturated carbocycles. The van der Waals surface area contributed by atoms with Crippen LogP contribution in [0.4, 0.5) is 4.79 Å². The summed E-state index contributed by atoms with van der Waals surface area (Å²) in [6.45, 7) is 4.86. The Bertz CT molecular complexity index is 648. The van der Waals surface area contributed by atoms with Gasteiger partial charge in [0.05, 0.1) is 6.61 Å². The molecule has 0 aromatic heterocycles. The third-order valence-electron chi connectivity index (χ3n) is 6.10. The predicted molar refractivity (Wildman–Crippen MR) is 114 cm³/mol.